The first-order valence-corrected chi connectivity index (χ1v) is 13.7. The molecule has 1 aliphatic carbocycles. The van der Waals surface area contributed by atoms with Crippen molar-refractivity contribution in [1.29, 1.82) is 0 Å². The summed E-state index contributed by atoms with van der Waals surface area (Å²) in [5.74, 6) is -0.0408. The van der Waals surface area contributed by atoms with Crippen molar-refractivity contribution in [3.63, 3.8) is 0 Å². The molecule has 0 unspecified atom stereocenters. The minimum Gasteiger partial charge on any atom is -0.340 e. The number of piperazine rings is 1. The Balaban J connectivity index is 1.13. The highest BCUT2D eigenvalue weighted by Crippen LogP contribution is 2.40. The summed E-state index contributed by atoms with van der Waals surface area (Å²) in [5, 5.41) is 14.4. The van der Waals surface area contributed by atoms with E-state index in [2.05, 4.69) is 32.9 Å². The van der Waals surface area contributed by atoms with Crippen LogP contribution in [0.1, 0.15) is 47.5 Å². The van der Waals surface area contributed by atoms with E-state index >= 15 is 0 Å². The third-order valence-corrected chi connectivity index (χ3v) is 7.65. The summed E-state index contributed by atoms with van der Waals surface area (Å²) in [4.78, 5) is 30.6. The first kappa shape index (κ1) is 27.0. The molecule has 2 aliphatic rings. The highest BCUT2D eigenvalue weighted by molar-refractivity contribution is 5.97. The lowest BCUT2D eigenvalue weighted by Crippen LogP contribution is -2.54. The van der Waals surface area contributed by atoms with Gasteiger partial charge in [-0.25, -0.2) is 9.07 Å². The van der Waals surface area contributed by atoms with Crippen molar-refractivity contribution in [2.24, 2.45) is 0 Å². The van der Waals surface area contributed by atoms with Gasteiger partial charge in [0, 0.05) is 43.7 Å². The molecule has 1 aliphatic heterocycles. The number of unbranched alkanes of at least 4 members (excludes halogenated alkanes) is 1. The van der Waals surface area contributed by atoms with E-state index in [1.807, 2.05) is 29.2 Å². The molecule has 3 aromatic rings. The van der Waals surface area contributed by atoms with Gasteiger partial charge in [0.15, 0.2) is 0 Å². The maximum Gasteiger partial charge on any atom is 0.251 e. The van der Waals surface area contributed by atoms with Gasteiger partial charge in [-0.05, 0) is 81.2 Å². The average molecular weight is 534 g/mol. The lowest BCUT2D eigenvalue weighted by atomic mass is 10.1. The molecule has 10 heteroatoms. The van der Waals surface area contributed by atoms with Gasteiger partial charge < -0.3 is 20.4 Å². The monoisotopic (exact) mass is 533 g/mol. The smallest absolute Gasteiger partial charge is 0.251 e. The fraction of sp³-hybridized carbons (Fsp3) is 0.448. The molecule has 1 saturated carbocycles. The zero-order valence-electron chi connectivity index (χ0n) is 22.3. The van der Waals surface area contributed by atoms with Crippen molar-refractivity contribution in [2.45, 2.75) is 43.7 Å². The Morgan fingerprint density at radius 1 is 1.03 bits per heavy atom. The number of carbonyl (C=O) groups excluding carboxylic acids is 2. The van der Waals surface area contributed by atoms with Gasteiger partial charge in [0.2, 0.25) is 5.91 Å². The summed E-state index contributed by atoms with van der Waals surface area (Å²) < 4.78 is 14.8. The molecule has 1 aromatic heterocycles. The normalized spacial score (nSPS) is 20.0. The van der Waals surface area contributed by atoms with Crippen molar-refractivity contribution in [3.05, 3.63) is 77.9 Å². The maximum atomic E-state index is 13.4. The molecule has 2 N–H and O–H groups in total. The van der Waals surface area contributed by atoms with Gasteiger partial charge in [-0.15, -0.1) is 5.10 Å². The van der Waals surface area contributed by atoms with Gasteiger partial charge in [0.05, 0.1) is 18.1 Å². The maximum absolute atomic E-state index is 13.4. The fourth-order valence-corrected chi connectivity index (χ4v) is 5.12. The molecule has 0 bridgehead atoms. The van der Waals surface area contributed by atoms with Crippen molar-refractivity contribution in [2.75, 3.05) is 39.8 Å². The lowest BCUT2D eigenvalue weighted by Gasteiger charge is -2.34. The first-order valence-electron chi connectivity index (χ1n) is 13.7. The number of aromatic nitrogens is 3. The SMILES string of the molecule is CN1CCN(C(=O)[C@H](CCCCN[C@@H]2C[C@H]2c2ccc(F)cc2)NC(=O)c2ccc(-n3ccnn3)cc2)CC1. The molecular formula is C29H36FN7O2. The van der Waals surface area contributed by atoms with Crippen LogP contribution in [0.25, 0.3) is 5.69 Å². The predicted molar refractivity (Wildman–Crippen MR) is 146 cm³/mol. The second-order valence-corrected chi connectivity index (χ2v) is 10.5. The van der Waals surface area contributed by atoms with E-state index in [0.717, 1.165) is 44.6 Å². The van der Waals surface area contributed by atoms with Gasteiger partial charge in [-0.1, -0.05) is 17.3 Å². The van der Waals surface area contributed by atoms with Gasteiger partial charge >= 0.3 is 0 Å². The van der Waals surface area contributed by atoms with Crippen LogP contribution in [-0.2, 0) is 4.79 Å². The summed E-state index contributed by atoms with van der Waals surface area (Å²) in [6, 6.07) is 13.7. The summed E-state index contributed by atoms with van der Waals surface area (Å²) >= 11 is 0. The van der Waals surface area contributed by atoms with Crippen LogP contribution in [0.15, 0.2) is 60.9 Å². The minimum atomic E-state index is -0.566. The van der Waals surface area contributed by atoms with Crippen molar-refractivity contribution in [3.8, 4) is 5.69 Å². The Bertz CT molecular complexity index is 1230. The van der Waals surface area contributed by atoms with E-state index in [-0.39, 0.29) is 17.6 Å². The summed E-state index contributed by atoms with van der Waals surface area (Å²) in [6.45, 7) is 3.84. The number of hydrogen-bond acceptors (Lipinski definition) is 6. The standard InChI is InChI=1S/C29H36FN7O2/c1-35-16-18-36(19-17-35)29(39)26(33-28(38)22-7-11-24(12-8-22)37-15-14-32-34-37)4-2-3-13-31-27-20-25(27)21-5-9-23(30)10-6-21/h5-12,14-15,25-27,31H,2-4,13,16-20H2,1H3,(H,33,38)/t25-,26-,27+/m0/s1. The summed E-state index contributed by atoms with van der Waals surface area (Å²) in [7, 11) is 2.05. The Hall–Kier alpha value is -3.63. The molecule has 2 heterocycles. The molecule has 0 spiro atoms. The van der Waals surface area contributed by atoms with E-state index in [9.17, 15) is 14.0 Å². The molecule has 0 radical (unpaired) electrons. The quantitative estimate of drug-likeness (QED) is 0.368. The van der Waals surface area contributed by atoms with Crippen LogP contribution in [-0.4, -0.2) is 88.5 Å². The molecule has 3 atom stereocenters. The number of nitrogens with zero attached hydrogens (tertiary/aromatic N) is 5. The van der Waals surface area contributed by atoms with Crippen LogP contribution in [0, 0.1) is 5.82 Å². The summed E-state index contributed by atoms with van der Waals surface area (Å²) in [5.41, 5.74) is 2.47. The van der Waals surface area contributed by atoms with Crippen LogP contribution in [0.5, 0.6) is 0 Å². The van der Waals surface area contributed by atoms with E-state index in [0.29, 0.717) is 37.0 Å². The number of nitrogens with one attached hydrogen (secondary N) is 2. The Labute approximate surface area is 228 Å². The molecule has 39 heavy (non-hydrogen) atoms. The van der Waals surface area contributed by atoms with Crippen LogP contribution >= 0.6 is 0 Å². The average Bonchev–Trinajstić information content (AvgIpc) is 3.51. The van der Waals surface area contributed by atoms with Gasteiger partial charge in [-0.3, -0.25) is 9.59 Å². The van der Waals surface area contributed by atoms with E-state index in [1.165, 1.54) is 17.7 Å². The zero-order valence-corrected chi connectivity index (χ0v) is 22.3. The van der Waals surface area contributed by atoms with E-state index in [4.69, 9.17) is 0 Å². The second-order valence-electron chi connectivity index (χ2n) is 10.5. The van der Waals surface area contributed by atoms with Crippen molar-refractivity contribution >= 4 is 11.8 Å². The first-order chi connectivity index (χ1) is 19.0. The highest BCUT2D eigenvalue weighted by Gasteiger charge is 2.37. The van der Waals surface area contributed by atoms with Gasteiger partial charge in [0.25, 0.3) is 5.91 Å². The minimum absolute atomic E-state index is 0.0118. The fourth-order valence-electron chi connectivity index (χ4n) is 5.12. The van der Waals surface area contributed by atoms with Crippen molar-refractivity contribution in [1.82, 2.24) is 35.4 Å². The van der Waals surface area contributed by atoms with Crippen LogP contribution in [0.2, 0.25) is 0 Å². The number of hydrogen-bond donors (Lipinski definition) is 2. The molecule has 2 amide bonds. The topological polar surface area (TPSA) is 95.4 Å². The molecule has 2 fully saturated rings. The Kier molecular flexibility index (Phi) is 8.63. The van der Waals surface area contributed by atoms with E-state index in [1.54, 1.807) is 29.2 Å². The molecular weight excluding hydrogens is 497 g/mol. The van der Waals surface area contributed by atoms with Gasteiger partial charge in [0.1, 0.15) is 11.9 Å². The second kappa shape index (κ2) is 12.5. The molecule has 2 aromatic carbocycles. The molecule has 5 rings (SSSR count). The Morgan fingerprint density at radius 3 is 2.46 bits per heavy atom. The largest absolute Gasteiger partial charge is 0.340 e. The zero-order chi connectivity index (χ0) is 27.2. The molecule has 9 nitrogen and oxygen atoms in total. The van der Waals surface area contributed by atoms with E-state index < -0.39 is 6.04 Å². The molecule has 1 saturated heterocycles. The summed E-state index contributed by atoms with van der Waals surface area (Å²) in [6.07, 6.45) is 6.70. The van der Waals surface area contributed by atoms with Crippen LogP contribution in [0.4, 0.5) is 4.39 Å². The lowest BCUT2D eigenvalue weighted by molar-refractivity contribution is -0.135. The predicted octanol–water partition coefficient (Wildman–Crippen LogP) is 2.59. The number of halogens is 1. The third kappa shape index (κ3) is 7.07. The van der Waals surface area contributed by atoms with Crippen LogP contribution < -0.4 is 10.6 Å². The number of benzene rings is 2. The Morgan fingerprint density at radius 2 is 1.77 bits per heavy atom. The molecule has 206 valence electrons. The van der Waals surface area contributed by atoms with Crippen molar-refractivity contribution < 1.29 is 14.0 Å². The van der Waals surface area contributed by atoms with Crippen LogP contribution in [0.3, 0.4) is 0 Å². The third-order valence-electron chi connectivity index (χ3n) is 7.65. The number of amides is 2. The highest BCUT2D eigenvalue weighted by atomic mass is 19.1. The number of rotatable bonds is 11. The number of likely N-dealkylation sites (N-methyl/N-ethyl adjacent to an activating group) is 1. The van der Waals surface area contributed by atoms with Gasteiger partial charge in [-0.2, -0.15) is 0 Å². The number of carbonyl (C=O) groups is 2.